The van der Waals surface area contributed by atoms with Gasteiger partial charge >= 0.3 is 0 Å². The lowest BCUT2D eigenvalue weighted by Gasteiger charge is -2.20. The summed E-state index contributed by atoms with van der Waals surface area (Å²) < 4.78 is 0. The highest BCUT2D eigenvalue weighted by atomic mass is 15.1. The number of nitrogens with zero attached hydrogens (tertiary/aromatic N) is 2. The van der Waals surface area contributed by atoms with Crippen LogP contribution in [0.3, 0.4) is 0 Å². The molecule has 0 saturated carbocycles. The first kappa shape index (κ1) is 14.5. The number of nitrogens with one attached hydrogen (secondary N) is 1. The molecule has 0 amide bonds. The molecule has 0 atom stereocenters. The predicted molar refractivity (Wildman–Crippen MR) is 84.9 cm³/mol. The van der Waals surface area contributed by atoms with Crippen molar-refractivity contribution < 1.29 is 0 Å². The number of benzene rings is 1. The van der Waals surface area contributed by atoms with Crippen LogP contribution in [0.15, 0.2) is 48.5 Å². The highest BCUT2D eigenvalue weighted by Gasteiger charge is 2.04. The summed E-state index contributed by atoms with van der Waals surface area (Å²) >= 11 is 0. The summed E-state index contributed by atoms with van der Waals surface area (Å²) in [5, 5.41) is 3.44. The maximum atomic E-state index is 4.57. The third kappa shape index (κ3) is 4.67. The van der Waals surface area contributed by atoms with E-state index < -0.39 is 0 Å². The van der Waals surface area contributed by atoms with Crippen molar-refractivity contribution in [2.75, 3.05) is 25.0 Å². The van der Waals surface area contributed by atoms with Gasteiger partial charge in [-0.2, -0.15) is 0 Å². The number of aryl methyl sites for hydroxylation is 1. The van der Waals surface area contributed by atoms with Crippen LogP contribution in [0, 0.1) is 6.92 Å². The Hall–Kier alpha value is -1.87. The average Bonchev–Trinajstić information content (AvgIpc) is 2.47. The Balaban J connectivity index is 1.80. The third-order valence-electron chi connectivity index (χ3n) is 3.31. The Morgan fingerprint density at radius 3 is 2.55 bits per heavy atom. The van der Waals surface area contributed by atoms with Gasteiger partial charge < -0.3 is 5.32 Å². The molecule has 2 aromatic rings. The summed E-state index contributed by atoms with van der Waals surface area (Å²) in [7, 11) is 0. The Labute approximate surface area is 121 Å². The zero-order valence-corrected chi connectivity index (χ0v) is 12.3. The molecule has 0 unspecified atom stereocenters. The van der Waals surface area contributed by atoms with Gasteiger partial charge in [0.2, 0.25) is 0 Å². The van der Waals surface area contributed by atoms with Crippen LogP contribution in [0.25, 0.3) is 0 Å². The van der Waals surface area contributed by atoms with Crippen molar-refractivity contribution in [1.82, 2.24) is 9.88 Å². The van der Waals surface area contributed by atoms with Gasteiger partial charge in [0.25, 0.3) is 0 Å². The molecular weight excluding hydrogens is 246 g/mol. The fourth-order valence-electron chi connectivity index (χ4n) is 2.18. The maximum Gasteiger partial charge on any atom is 0.0547 e. The lowest BCUT2D eigenvalue weighted by Crippen LogP contribution is -2.29. The average molecular weight is 269 g/mol. The van der Waals surface area contributed by atoms with Gasteiger partial charge in [-0.05, 0) is 37.7 Å². The molecule has 1 aromatic carbocycles. The fraction of sp³-hybridized carbons (Fsp3) is 0.353. The van der Waals surface area contributed by atoms with E-state index in [0.29, 0.717) is 0 Å². The van der Waals surface area contributed by atoms with Gasteiger partial charge in [0, 0.05) is 31.0 Å². The molecule has 1 N–H and O–H groups in total. The molecule has 106 valence electrons. The van der Waals surface area contributed by atoms with Crippen molar-refractivity contribution in [1.29, 1.82) is 0 Å². The van der Waals surface area contributed by atoms with Crippen LogP contribution in [0.1, 0.15) is 18.3 Å². The normalized spacial score (nSPS) is 10.8. The van der Waals surface area contributed by atoms with E-state index in [1.807, 2.05) is 19.1 Å². The summed E-state index contributed by atoms with van der Waals surface area (Å²) in [4.78, 5) is 6.97. The van der Waals surface area contributed by atoms with Gasteiger partial charge in [-0.25, -0.2) is 0 Å². The standard InChI is InChI=1S/C17H23N3/c1-3-20(14-17-11-7-8-15(2)19-17)13-12-18-16-9-5-4-6-10-16/h4-11,18H,3,12-14H2,1-2H3. The highest BCUT2D eigenvalue weighted by molar-refractivity contribution is 5.42. The molecule has 0 spiro atoms. The van der Waals surface area contributed by atoms with Crippen molar-refractivity contribution in [3.8, 4) is 0 Å². The van der Waals surface area contributed by atoms with Crippen molar-refractivity contribution in [2.45, 2.75) is 20.4 Å². The molecule has 0 radical (unpaired) electrons. The molecule has 0 saturated heterocycles. The summed E-state index contributed by atoms with van der Waals surface area (Å²) in [6.45, 7) is 8.14. The lowest BCUT2D eigenvalue weighted by atomic mass is 10.3. The second-order valence-electron chi connectivity index (χ2n) is 4.93. The number of aromatic nitrogens is 1. The van der Waals surface area contributed by atoms with Crippen LogP contribution in [0.5, 0.6) is 0 Å². The number of hydrogen-bond acceptors (Lipinski definition) is 3. The first-order valence-electron chi connectivity index (χ1n) is 7.21. The topological polar surface area (TPSA) is 28.2 Å². The van der Waals surface area contributed by atoms with Crippen LogP contribution in [0.2, 0.25) is 0 Å². The van der Waals surface area contributed by atoms with E-state index in [9.17, 15) is 0 Å². The number of anilines is 1. The van der Waals surface area contributed by atoms with E-state index in [-0.39, 0.29) is 0 Å². The first-order chi connectivity index (χ1) is 9.78. The van der Waals surface area contributed by atoms with E-state index in [4.69, 9.17) is 0 Å². The molecular formula is C17H23N3. The second-order valence-corrected chi connectivity index (χ2v) is 4.93. The summed E-state index contributed by atoms with van der Waals surface area (Å²) in [6, 6.07) is 16.5. The van der Waals surface area contributed by atoms with Crippen molar-refractivity contribution in [2.24, 2.45) is 0 Å². The fourth-order valence-corrected chi connectivity index (χ4v) is 2.18. The SMILES string of the molecule is CCN(CCNc1ccccc1)Cc1cccc(C)n1. The van der Waals surface area contributed by atoms with Crippen molar-refractivity contribution in [3.63, 3.8) is 0 Å². The molecule has 0 fully saturated rings. The van der Waals surface area contributed by atoms with Crippen LogP contribution < -0.4 is 5.32 Å². The Morgan fingerprint density at radius 1 is 1.05 bits per heavy atom. The lowest BCUT2D eigenvalue weighted by molar-refractivity contribution is 0.287. The number of pyridine rings is 1. The van der Waals surface area contributed by atoms with E-state index >= 15 is 0 Å². The van der Waals surface area contributed by atoms with Crippen molar-refractivity contribution in [3.05, 3.63) is 59.9 Å². The predicted octanol–water partition coefficient (Wildman–Crippen LogP) is 3.32. The number of para-hydroxylation sites is 1. The molecule has 0 aliphatic carbocycles. The summed E-state index contributed by atoms with van der Waals surface area (Å²) in [6.07, 6.45) is 0. The van der Waals surface area contributed by atoms with E-state index in [1.165, 1.54) is 5.69 Å². The number of hydrogen-bond donors (Lipinski definition) is 1. The largest absolute Gasteiger partial charge is 0.384 e. The van der Waals surface area contributed by atoms with Gasteiger partial charge in [0.15, 0.2) is 0 Å². The number of rotatable bonds is 7. The van der Waals surface area contributed by atoms with Gasteiger partial charge in [0.05, 0.1) is 5.69 Å². The molecule has 2 rings (SSSR count). The smallest absolute Gasteiger partial charge is 0.0547 e. The minimum absolute atomic E-state index is 0.911. The van der Waals surface area contributed by atoms with E-state index in [2.05, 4.69) is 58.5 Å². The van der Waals surface area contributed by atoms with Gasteiger partial charge in [0.1, 0.15) is 0 Å². The molecule has 1 aromatic heterocycles. The monoisotopic (exact) mass is 269 g/mol. The molecule has 20 heavy (non-hydrogen) atoms. The Bertz CT molecular complexity index is 511. The van der Waals surface area contributed by atoms with E-state index in [1.54, 1.807) is 0 Å². The minimum Gasteiger partial charge on any atom is -0.384 e. The molecule has 0 bridgehead atoms. The molecule has 0 aliphatic heterocycles. The van der Waals surface area contributed by atoms with Crippen LogP contribution in [-0.4, -0.2) is 29.5 Å². The molecule has 1 heterocycles. The van der Waals surface area contributed by atoms with Gasteiger partial charge in [-0.15, -0.1) is 0 Å². The summed E-state index contributed by atoms with van der Waals surface area (Å²) in [5.41, 5.74) is 3.41. The number of likely N-dealkylation sites (N-methyl/N-ethyl adjacent to an activating group) is 1. The third-order valence-corrected chi connectivity index (χ3v) is 3.31. The van der Waals surface area contributed by atoms with Gasteiger partial charge in [-0.1, -0.05) is 31.2 Å². The highest BCUT2D eigenvalue weighted by Crippen LogP contribution is 2.06. The van der Waals surface area contributed by atoms with Gasteiger partial charge in [-0.3, -0.25) is 9.88 Å². The summed E-state index contributed by atoms with van der Waals surface area (Å²) in [5.74, 6) is 0. The van der Waals surface area contributed by atoms with Crippen LogP contribution in [0.4, 0.5) is 5.69 Å². The first-order valence-corrected chi connectivity index (χ1v) is 7.21. The Morgan fingerprint density at radius 2 is 1.85 bits per heavy atom. The maximum absolute atomic E-state index is 4.57. The quantitative estimate of drug-likeness (QED) is 0.835. The van der Waals surface area contributed by atoms with Crippen molar-refractivity contribution >= 4 is 5.69 Å². The van der Waals surface area contributed by atoms with E-state index in [0.717, 1.165) is 37.6 Å². The zero-order valence-electron chi connectivity index (χ0n) is 12.3. The van der Waals surface area contributed by atoms with Crippen LogP contribution in [-0.2, 0) is 6.54 Å². The molecule has 0 aliphatic rings. The minimum atomic E-state index is 0.911. The Kier molecular flexibility index (Phi) is 5.56. The zero-order chi connectivity index (χ0) is 14.2. The second kappa shape index (κ2) is 7.65. The molecule has 3 nitrogen and oxygen atoms in total. The molecule has 3 heteroatoms. The van der Waals surface area contributed by atoms with Crippen LogP contribution >= 0.6 is 0 Å².